The van der Waals surface area contributed by atoms with Gasteiger partial charge in [0.25, 0.3) is 0 Å². The number of rotatable bonds is 6. The predicted molar refractivity (Wildman–Crippen MR) is 127 cm³/mol. The van der Waals surface area contributed by atoms with Gasteiger partial charge in [-0.25, -0.2) is 4.98 Å². The highest BCUT2D eigenvalue weighted by molar-refractivity contribution is 14.0. The molecule has 156 valence electrons. The molecular formula is C20H26IN5O2S. The second-order valence-electron chi connectivity index (χ2n) is 6.74. The van der Waals surface area contributed by atoms with Crippen molar-refractivity contribution >= 4 is 46.2 Å². The number of aromatic nitrogens is 2. The lowest BCUT2D eigenvalue weighted by Crippen LogP contribution is -2.36. The molecule has 0 radical (unpaired) electrons. The molecule has 1 aliphatic rings. The summed E-state index contributed by atoms with van der Waals surface area (Å²) in [6, 6.07) is 4.18. The van der Waals surface area contributed by atoms with Gasteiger partial charge in [-0.1, -0.05) is 0 Å². The van der Waals surface area contributed by atoms with E-state index < -0.39 is 0 Å². The van der Waals surface area contributed by atoms with Crippen LogP contribution in [0.4, 0.5) is 0 Å². The van der Waals surface area contributed by atoms with E-state index in [9.17, 15) is 0 Å². The minimum atomic E-state index is 0. The van der Waals surface area contributed by atoms with Crippen LogP contribution >= 0.6 is 35.3 Å². The summed E-state index contributed by atoms with van der Waals surface area (Å²) in [6.45, 7) is 5.92. The van der Waals surface area contributed by atoms with Gasteiger partial charge in [0.1, 0.15) is 17.6 Å². The third-order valence-corrected chi connectivity index (χ3v) is 5.40. The van der Waals surface area contributed by atoms with Gasteiger partial charge in [-0.2, -0.15) is 0 Å². The Morgan fingerprint density at radius 1 is 1.38 bits per heavy atom. The molecule has 0 saturated carbocycles. The summed E-state index contributed by atoms with van der Waals surface area (Å²) in [4.78, 5) is 9.89. The maximum absolute atomic E-state index is 5.90. The van der Waals surface area contributed by atoms with Crippen molar-refractivity contribution in [2.24, 2.45) is 4.99 Å². The Hall–Kier alpha value is -2.01. The first kappa shape index (κ1) is 21.7. The number of nitrogens with zero attached hydrogens (tertiary/aromatic N) is 3. The van der Waals surface area contributed by atoms with Crippen molar-refractivity contribution in [3.05, 3.63) is 46.7 Å². The summed E-state index contributed by atoms with van der Waals surface area (Å²) < 4.78 is 13.8. The Morgan fingerprint density at radius 2 is 2.21 bits per heavy atom. The quantitative estimate of drug-likeness (QED) is 0.291. The van der Waals surface area contributed by atoms with E-state index in [4.69, 9.17) is 9.47 Å². The SMILES string of the molecule is CCOc1cc2c(cc1CNC(=NC)NCc1cn3ccsc3n1)OC(C)C2.I. The van der Waals surface area contributed by atoms with Crippen LogP contribution in [0.15, 0.2) is 34.9 Å². The van der Waals surface area contributed by atoms with E-state index in [0.29, 0.717) is 25.7 Å². The molecule has 1 unspecified atom stereocenters. The van der Waals surface area contributed by atoms with Crippen LogP contribution in [-0.4, -0.2) is 35.1 Å². The first-order valence-corrected chi connectivity index (χ1v) is 10.3. The molecule has 0 fully saturated rings. The lowest BCUT2D eigenvalue weighted by Gasteiger charge is -2.15. The number of hydrogen-bond donors (Lipinski definition) is 2. The molecule has 1 aliphatic heterocycles. The maximum Gasteiger partial charge on any atom is 0.193 e. The molecule has 0 spiro atoms. The summed E-state index contributed by atoms with van der Waals surface area (Å²) in [5.74, 6) is 2.57. The third kappa shape index (κ3) is 4.95. The number of fused-ring (bicyclic) bond motifs is 2. The summed E-state index contributed by atoms with van der Waals surface area (Å²) in [5.41, 5.74) is 3.24. The number of aliphatic imine (C=N–C) groups is 1. The van der Waals surface area contributed by atoms with E-state index in [0.717, 1.165) is 34.1 Å². The molecular weight excluding hydrogens is 501 g/mol. The molecule has 0 bridgehead atoms. The molecule has 3 heterocycles. The fourth-order valence-electron chi connectivity index (χ4n) is 3.34. The van der Waals surface area contributed by atoms with Crippen molar-refractivity contribution < 1.29 is 9.47 Å². The Balaban J connectivity index is 0.00000240. The van der Waals surface area contributed by atoms with Crippen LogP contribution in [0.3, 0.4) is 0 Å². The number of halogens is 1. The summed E-state index contributed by atoms with van der Waals surface area (Å²) in [7, 11) is 1.76. The van der Waals surface area contributed by atoms with Gasteiger partial charge in [0.15, 0.2) is 10.9 Å². The van der Waals surface area contributed by atoms with E-state index >= 15 is 0 Å². The van der Waals surface area contributed by atoms with Gasteiger partial charge < -0.3 is 20.1 Å². The fraction of sp³-hybridized carbons (Fsp3) is 0.400. The molecule has 0 amide bonds. The Labute approximate surface area is 191 Å². The molecule has 2 aromatic heterocycles. The lowest BCUT2D eigenvalue weighted by molar-refractivity contribution is 0.254. The van der Waals surface area contributed by atoms with Crippen LogP contribution in [-0.2, 0) is 19.5 Å². The number of benzene rings is 1. The molecule has 1 atom stereocenters. The Kier molecular flexibility index (Phi) is 7.23. The normalized spacial score (nSPS) is 15.6. The third-order valence-electron chi connectivity index (χ3n) is 4.63. The summed E-state index contributed by atoms with van der Waals surface area (Å²) in [5, 5.41) is 8.69. The molecule has 9 heteroatoms. The Bertz CT molecular complexity index is 972. The number of ether oxygens (including phenoxy) is 2. The second kappa shape index (κ2) is 9.66. The van der Waals surface area contributed by atoms with E-state index in [1.54, 1.807) is 18.4 Å². The molecule has 2 N–H and O–H groups in total. The molecule has 29 heavy (non-hydrogen) atoms. The molecule has 1 aromatic carbocycles. The summed E-state index contributed by atoms with van der Waals surface area (Å²) in [6.07, 6.45) is 5.18. The van der Waals surface area contributed by atoms with Gasteiger partial charge >= 0.3 is 0 Å². The topological polar surface area (TPSA) is 72.2 Å². The van der Waals surface area contributed by atoms with Gasteiger partial charge in [0, 0.05) is 48.9 Å². The van der Waals surface area contributed by atoms with Crippen LogP contribution in [0.25, 0.3) is 4.96 Å². The minimum absolute atomic E-state index is 0. The van der Waals surface area contributed by atoms with Gasteiger partial charge in [-0.15, -0.1) is 35.3 Å². The van der Waals surface area contributed by atoms with Crippen molar-refractivity contribution in [2.45, 2.75) is 39.5 Å². The average Bonchev–Trinajstić information content (AvgIpc) is 3.35. The monoisotopic (exact) mass is 527 g/mol. The van der Waals surface area contributed by atoms with Crippen molar-refractivity contribution in [3.63, 3.8) is 0 Å². The highest BCUT2D eigenvalue weighted by Gasteiger charge is 2.22. The van der Waals surface area contributed by atoms with E-state index in [-0.39, 0.29) is 30.1 Å². The van der Waals surface area contributed by atoms with E-state index in [1.165, 1.54) is 5.56 Å². The van der Waals surface area contributed by atoms with Crippen molar-refractivity contribution in [2.75, 3.05) is 13.7 Å². The highest BCUT2D eigenvalue weighted by Crippen LogP contribution is 2.35. The zero-order valence-electron chi connectivity index (χ0n) is 16.8. The van der Waals surface area contributed by atoms with Crippen molar-refractivity contribution in [1.82, 2.24) is 20.0 Å². The molecule has 3 aromatic rings. The standard InChI is InChI=1S/C20H25N5O2S.HI/c1-4-26-17-8-14-7-13(2)27-18(14)9-15(17)10-22-19(21-3)23-11-16-12-25-5-6-28-20(25)24-16;/h5-6,8-9,12-13H,4,7,10-11H2,1-3H3,(H2,21,22,23);1H. The highest BCUT2D eigenvalue weighted by atomic mass is 127. The van der Waals surface area contributed by atoms with Crippen LogP contribution in [0.5, 0.6) is 11.5 Å². The van der Waals surface area contributed by atoms with Gasteiger partial charge in [-0.3, -0.25) is 9.39 Å². The second-order valence-corrected chi connectivity index (χ2v) is 7.61. The number of hydrogen-bond acceptors (Lipinski definition) is 5. The zero-order chi connectivity index (χ0) is 19.5. The van der Waals surface area contributed by atoms with Crippen molar-refractivity contribution in [3.8, 4) is 11.5 Å². The number of guanidine groups is 1. The molecule has 4 rings (SSSR count). The summed E-state index contributed by atoms with van der Waals surface area (Å²) >= 11 is 1.62. The predicted octanol–water partition coefficient (Wildman–Crippen LogP) is 3.60. The van der Waals surface area contributed by atoms with E-state index in [2.05, 4.69) is 39.7 Å². The van der Waals surface area contributed by atoms with Crippen LogP contribution in [0.2, 0.25) is 0 Å². The molecule has 7 nitrogen and oxygen atoms in total. The average molecular weight is 527 g/mol. The largest absolute Gasteiger partial charge is 0.494 e. The number of thiazole rings is 1. The molecule has 0 aliphatic carbocycles. The fourth-order valence-corrected chi connectivity index (χ4v) is 4.06. The van der Waals surface area contributed by atoms with E-state index in [1.807, 2.05) is 29.1 Å². The van der Waals surface area contributed by atoms with Gasteiger partial charge in [0.05, 0.1) is 18.8 Å². The Morgan fingerprint density at radius 3 is 2.97 bits per heavy atom. The van der Waals surface area contributed by atoms with Crippen LogP contribution < -0.4 is 20.1 Å². The van der Waals surface area contributed by atoms with Crippen molar-refractivity contribution in [1.29, 1.82) is 0 Å². The van der Waals surface area contributed by atoms with Gasteiger partial charge in [-0.05, 0) is 26.0 Å². The smallest absolute Gasteiger partial charge is 0.193 e. The van der Waals surface area contributed by atoms with Gasteiger partial charge in [0.2, 0.25) is 0 Å². The minimum Gasteiger partial charge on any atom is -0.494 e. The number of imidazole rings is 1. The number of nitrogens with one attached hydrogen (secondary N) is 2. The van der Waals surface area contributed by atoms with Crippen LogP contribution in [0.1, 0.15) is 30.7 Å². The first-order chi connectivity index (χ1) is 13.7. The molecule has 0 saturated heterocycles. The maximum atomic E-state index is 5.90. The zero-order valence-corrected chi connectivity index (χ0v) is 19.9. The first-order valence-electron chi connectivity index (χ1n) is 9.47. The lowest BCUT2D eigenvalue weighted by atomic mass is 10.1. The van der Waals surface area contributed by atoms with Crippen LogP contribution in [0, 0.1) is 0 Å².